The van der Waals surface area contributed by atoms with E-state index in [0.29, 0.717) is 13.2 Å². The molecule has 0 radical (unpaired) electrons. The summed E-state index contributed by atoms with van der Waals surface area (Å²) < 4.78 is 9.69. The van der Waals surface area contributed by atoms with Crippen LogP contribution in [0, 0.1) is 0 Å². The highest BCUT2D eigenvalue weighted by Crippen LogP contribution is 2.02. The molecule has 0 aromatic heterocycles. The maximum atomic E-state index is 10.7. The Morgan fingerprint density at radius 3 is 1.63 bits per heavy atom. The lowest BCUT2D eigenvalue weighted by Gasteiger charge is -2.01. The Kier molecular flexibility index (Phi) is 11.4. The number of aryl methyl sites for hydroxylation is 1. The normalized spacial score (nSPS) is 9.33. The summed E-state index contributed by atoms with van der Waals surface area (Å²) >= 11 is 0. The second-order valence-electron chi connectivity index (χ2n) is 5.57. The first-order valence-electron chi connectivity index (χ1n) is 8.82. The third kappa shape index (κ3) is 11.2. The standard InChI is InChI=1S/C12H14O2.C11H12O2/c1-2-12(13)14-10-6-9-11-7-4-3-5-8-11;1-2-11(12)13-9-8-10-6-4-3-5-7-10/h2-5,7-8H,1,6,9-10H2;2-7H,1,8-9H2. The van der Waals surface area contributed by atoms with Gasteiger partial charge in [-0.25, -0.2) is 9.59 Å². The van der Waals surface area contributed by atoms with Gasteiger partial charge in [-0.15, -0.1) is 0 Å². The van der Waals surface area contributed by atoms with Crippen LogP contribution in [0.3, 0.4) is 0 Å². The highest BCUT2D eigenvalue weighted by atomic mass is 16.5. The summed E-state index contributed by atoms with van der Waals surface area (Å²) in [4.78, 5) is 21.3. The van der Waals surface area contributed by atoms with Gasteiger partial charge in [-0.1, -0.05) is 73.8 Å². The van der Waals surface area contributed by atoms with E-state index in [-0.39, 0.29) is 11.9 Å². The van der Waals surface area contributed by atoms with Crippen molar-refractivity contribution in [3.8, 4) is 0 Å². The van der Waals surface area contributed by atoms with Crippen molar-refractivity contribution in [1.82, 2.24) is 0 Å². The van der Waals surface area contributed by atoms with Gasteiger partial charge in [0.05, 0.1) is 13.2 Å². The molecule has 0 heterocycles. The number of carbonyl (C=O) groups is 2. The molecule has 2 aromatic rings. The van der Waals surface area contributed by atoms with Crippen LogP contribution in [-0.2, 0) is 31.9 Å². The SMILES string of the molecule is C=CC(=O)OCCCc1ccccc1.C=CC(=O)OCCc1ccccc1. The number of hydrogen-bond donors (Lipinski definition) is 0. The molecule has 0 spiro atoms. The van der Waals surface area contributed by atoms with E-state index in [1.807, 2.05) is 48.5 Å². The van der Waals surface area contributed by atoms with Crippen molar-refractivity contribution in [2.45, 2.75) is 19.3 Å². The van der Waals surface area contributed by atoms with Crippen LogP contribution in [0.4, 0.5) is 0 Å². The fourth-order valence-corrected chi connectivity index (χ4v) is 2.13. The molecule has 4 heteroatoms. The molecule has 0 atom stereocenters. The van der Waals surface area contributed by atoms with E-state index in [1.54, 1.807) is 0 Å². The number of benzene rings is 2. The first-order chi connectivity index (χ1) is 13.2. The quantitative estimate of drug-likeness (QED) is 0.377. The lowest BCUT2D eigenvalue weighted by atomic mass is 10.1. The number of carbonyl (C=O) groups excluding carboxylic acids is 2. The molecule has 2 aromatic carbocycles. The molecule has 0 amide bonds. The van der Waals surface area contributed by atoms with E-state index in [2.05, 4.69) is 25.3 Å². The molecule has 2 rings (SSSR count). The zero-order valence-electron chi connectivity index (χ0n) is 15.5. The summed E-state index contributed by atoms with van der Waals surface area (Å²) in [6, 6.07) is 20.0. The summed E-state index contributed by atoms with van der Waals surface area (Å²) in [6.07, 6.45) is 4.89. The van der Waals surface area contributed by atoms with Crippen LogP contribution in [0.15, 0.2) is 86.0 Å². The molecule has 27 heavy (non-hydrogen) atoms. The van der Waals surface area contributed by atoms with E-state index >= 15 is 0 Å². The zero-order valence-corrected chi connectivity index (χ0v) is 15.5. The first kappa shape index (κ1) is 21.9. The maximum Gasteiger partial charge on any atom is 0.330 e. The Labute approximate surface area is 161 Å². The predicted octanol–water partition coefficient (Wildman–Crippen LogP) is 4.31. The molecule has 0 bridgehead atoms. The van der Waals surface area contributed by atoms with Crippen LogP contribution < -0.4 is 0 Å². The van der Waals surface area contributed by atoms with E-state index in [0.717, 1.165) is 19.3 Å². The maximum absolute atomic E-state index is 10.7. The summed E-state index contributed by atoms with van der Waals surface area (Å²) in [6.45, 7) is 7.50. The molecular weight excluding hydrogens is 340 g/mol. The molecular formula is C23H26O4. The van der Waals surface area contributed by atoms with Gasteiger partial charge in [-0.2, -0.15) is 0 Å². The predicted molar refractivity (Wildman–Crippen MR) is 107 cm³/mol. The van der Waals surface area contributed by atoms with Crippen LogP contribution in [-0.4, -0.2) is 25.2 Å². The van der Waals surface area contributed by atoms with Gasteiger partial charge in [-0.3, -0.25) is 0 Å². The van der Waals surface area contributed by atoms with E-state index < -0.39 is 0 Å². The highest BCUT2D eigenvalue weighted by Gasteiger charge is 1.96. The van der Waals surface area contributed by atoms with Gasteiger partial charge in [0.2, 0.25) is 0 Å². The van der Waals surface area contributed by atoms with Crippen LogP contribution in [0.25, 0.3) is 0 Å². The van der Waals surface area contributed by atoms with E-state index in [1.165, 1.54) is 23.3 Å². The van der Waals surface area contributed by atoms with Gasteiger partial charge in [0, 0.05) is 18.6 Å². The Hall–Kier alpha value is -3.14. The van der Waals surface area contributed by atoms with Crippen molar-refractivity contribution in [3.63, 3.8) is 0 Å². The van der Waals surface area contributed by atoms with Crippen molar-refractivity contribution in [3.05, 3.63) is 97.1 Å². The van der Waals surface area contributed by atoms with E-state index in [9.17, 15) is 9.59 Å². The van der Waals surface area contributed by atoms with Crippen molar-refractivity contribution < 1.29 is 19.1 Å². The van der Waals surface area contributed by atoms with Crippen LogP contribution in [0.2, 0.25) is 0 Å². The molecule has 0 saturated heterocycles. The topological polar surface area (TPSA) is 52.6 Å². The average Bonchev–Trinajstić information content (AvgIpc) is 2.73. The van der Waals surface area contributed by atoms with Gasteiger partial charge >= 0.3 is 11.9 Å². The van der Waals surface area contributed by atoms with Gasteiger partial charge in [0.25, 0.3) is 0 Å². The molecule has 0 fully saturated rings. The summed E-state index contributed by atoms with van der Waals surface area (Å²) in [5.74, 6) is -0.714. The summed E-state index contributed by atoms with van der Waals surface area (Å²) in [7, 11) is 0. The minimum atomic E-state index is -0.365. The van der Waals surface area contributed by atoms with Crippen LogP contribution in [0.5, 0.6) is 0 Å². The largest absolute Gasteiger partial charge is 0.463 e. The van der Waals surface area contributed by atoms with Crippen LogP contribution in [0.1, 0.15) is 17.5 Å². The van der Waals surface area contributed by atoms with E-state index in [4.69, 9.17) is 9.47 Å². The summed E-state index contributed by atoms with van der Waals surface area (Å²) in [5.41, 5.74) is 2.43. The Balaban J connectivity index is 0.000000271. The lowest BCUT2D eigenvalue weighted by molar-refractivity contribution is -0.138. The Morgan fingerprint density at radius 1 is 0.704 bits per heavy atom. The number of hydrogen-bond acceptors (Lipinski definition) is 4. The van der Waals surface area contributed by atoms with Gasteiger partial charge in [0.1, 0.15) is 0 Å². The van der Waals surface area contributed by atoms with Crippen molar-refractivity contribution >= 4 is 11.9 Å². The minimum absolute atomic E-state index is 0.349. The summed E-state index contributed by atoms with van der Waals surface area (Å²) in [5, 5.41) is 0. The van der Waals surface area contributed by atoms with Gasteiger partial charge < -0.3 is 9.47 Å². The van der Waals surface area contributed by atoms with Crippen molar-refractivity contribution in [2.75, 3.05) is 13.2 Å². The third-order valence-corrected chi connectivity index (χ3v) is 3.51. The number of ether oxygens (including phenoxy) is 2. The molecule has 4 nitrogen and oxygen atoms in total. The lowest BCUT2D eigenvalue weighted by Crippen LogP contribution is -2.04. The van der Waals surface area contributed by atoms with Gasteiger partial charge in [-0.05, 0) is 24.0 Å². The van der Waals surface area contributed by atoms with Crippen LogP contribution >= 0.6 is 0 Å². The Bertz CT molecular complexity index is 693. The molecule has 0 N–H and O–H groups in total. The minimum Gasteiger partial charge on any atom is -0.463 e. The molecule has 0 saturated carbocycles. The van der Waals surface area contributed by atoms with Crippen molar-refractivity contribution in [1.29, 1.82) is 0 Å². The molecule has 0 unspecified atom stereocenters. The second kappa shape index (κ2) is 14.1. The second-order valence-corrected chi connectivity index (χ2v) is 5.57. The van der Waals surface area contributed by atoms with Crippen molar-refractivity contribution in [2.24, 2.45) is 0 Å². The molecule has 0 aliphatic heterocycles. The van der Waals surface area contributed by atoms with Gasteiger partial charge in [0.15, 0.2) is 0 Å². The highest BCUT2D eigenvalue weighted by molar-refractivity contribution is 5.81. The fraction of sp³-hybridized carbons (Fsp3) is 0.217. The molecule has 142 valence electrons. The average molecular weight is 366 g/mol. The zero-order chi connectivity index (χ0) is 19.7. The number of rotatable bonds is 9. The smallest absolute Gasteiger partial charge is 0.330 e. The Morgan fingerprint density at radius 2 is 1.15 bits per heavy atom. The third-order valence-electron chi connectivity index (χ3n) is 3.51. The molecule has 0 aliphatic rings. The number of esters is 2. The first-order valence-corrected chi connectivity index (χ1v) is 8.82. The molecule has 0 aliphatic carbocycles. The fourth-order valence-electron chi connectivity index (χ4n) is 2.13. The monoisotopic (exact) mass is 366 g/mol.